The number of aromatic nitrogens is 2. The number of nitrogens with zero attached hydrogens (tertiary/aromatic N) is 1. The maximum Gasteiger partial charge on any atom is 0.273 e. The van der Waals surface area contributed by atoms with Gasteiger partial charge in [-0.2, -0.15) is 0 Å². The van der Waals surface area contributed by atoms with Crippen molar-refractivity contribution in [3.8, 4) is 0 Å². The van der Waals surface area contributed by atoms with Crippen LogP contribution < -0.4 is 16.4 Å². The molecule has 7 heteroatoms. The van der Waals surface area contributed by atoms with E-state index in [1.54, 1.807) is 24.3 Å². The molecule has 0 bridgehead atoms. The van der Waals surface area contributed by atoms with Gasteiger partial charge in [-0.15, -0.1) is 0 Å². The predicted octanol–water partition coefficient (Wildman–Crippen LogP) is 2.14. The minimum atomic E-state index is -0.354. The molecule has 2 aromatic heterocycles. The van der Waals surface area contributed by atoms with Gasteiger partial charge in [0.05, 0.1) is 23.9 Å². The molecular formula is C20H17N3O4. The Balaban J connectivity index is 1.42. The van der Waals surface area contributed by atoms with Crippen molar-refractivity contribution in [1.82, 2.24) is 15.1 Å². The molecule has 27 heavy (non-hydrogen) atoms. The van der Waals surface area contributed by atoms with Crippen molar-refractivity contribution >= 4 is 27.6 Å². The monoisotopic (exact) mass is 363 g/mol. The largest absolute Gasteiger partial charge is 0.459 e. The Morgan fingerprint density at radius 2 is 1.78 bits per heavy atom. The number of fused-ring (bicyclic) bond motifs is 2. The molecule has 4 rings (SSSR count). The molecule has 0 fully saturated rings. The van der Waals surface area contributed by atoms with E-state index in [4.69, 9.17) is 4.42 Å². The smallest absolute Gasteiger partial charge is 0.273 e. The minimum Gasteiger partial charge on any atom is -0.459 e. The Hall–Kier alpha value is -3.61. The molecule has 0 saturated heterocycles. The maximum atomic E-state index is 12.4. The first-order valence-corrected chi connectivity index (χ1v) is 8.58. The first-order chi connectivity index (χ1) is 13.1. The van der Waals surface area contributed by atoms with Crippen molar-refractivity contribution in [3.05, 3.63) is 81.1 Å². The molecule has 1 amide bonds. The summed E-state index contributed by atoms with van der Waals surface area (Å²) in [5.74, 6) is 0.414. The standard InChI is InChI=1S/C20H17N3O4/c24-18(21-12-14-11-13-5-1-4-8-17(13)27-14)9-10-23-20(26)16-7-3-2-6-15(16)19(25)22-23/h1-8,11H,9-10,12H2,(H,21,24)(H,22,25). The second-order valence-electron chi connectivity index (χ2n) is 6.22. The average Bonchev–Trinajstić information content (AvgIpc) is 3.11. The van der Waals surface area contributed by atoms with E-state index in [1.807, 2.05) is 30.3 Å². The molecule has 136 valence electrons. The van der Waals surface area contributed by atoms with Gasteiger partial charge in [-0.3, -0.25) is 19.5 Å². The normalized spacial score (nSPS) is 11.1. The summed E-state index contributed by atoms with van der Waals surface area (Å²) < 4.78 is 6.82. The summed E-state index contributed by atoms with van der Waals surface area (Å²) in [7, 11) is 0. The molecule has 2 N–H and O–H groups in total. The molecule has 0 saturated carbocycles. The van der Waals surface area contributed by atoms with E-state index in [1.165, 1.54) is 4.68 Å². The molecule has 0 aliphatic heterocycles. The van der Waals surface area contributed by atoms with E-state index < -0.39 is 0 Å². The van der Waals surface area contributed by atoms with Crippen LogP contribution in [0.5, 0.6) is 0 Å². The van der Waals surface area contributed by atoms with Crippen LogP contribution in [-0.2, 0) is 17.9 Å². The summed E-state index contributed by atoms with van der Waals surface area (Å²) in [6, 6.07) is 16.1. The van der Waals surface area contributed by atoms with E-state index in [9.17, 15) is 14.4 Å². The Morgan fingerprint density at radius 1 is 1.04 bits per heavy atom. The molecule has 0 aliphatic carbocycles. The average molecular weight is 363 g/mol. The van der Waals surface area contributed by atoms with Crippen LogP contribution in [0.25, 0.3) is 21.7 Å². The quantitative estimate of drug-likeness (QED) is 0.568. The van der Waals surface area contributed by atoms with Crippen molar-refractivity contribution in [2.24, 2.45) is 0 Å². The molecular weight excluding hydrogens is 346 g/mol. The summed E-state index contributed by atoms with van der Waals surface area (Å²) in [6.45, 7) is 0.349. The summed E-state index contributed by atoms with van der Waals surface area (Å²) >= 11 is 0. The van der Waals surface area contributed by atoms with Gasteiger partial charge in [0.25, 0.3) is 11.1 Å². The van der Waals surface area contributed by atoms with Gasteiger partial charge in [0, 0.05) is 11.8 Å². The lowest BCUT2D eigenvalue weighted by Crippen LogP contribution is -2.32. The lowest BCUT2D eigenvalue weighted by molar-refractivity contribution is -0.121. The Bertz CT molecular complexity index is 1220. The molecule has 2 aromatic carbocycles. The Kier molecular flexibility index (Phi) is 4.33. The highest BCUT2D eigenvalue weighted by atomic mass is 16.3. The molecule has 0 atom stereocenters. The third-order valence-electron chi connectivity index (χ3n) is 4.38. The first kappa shape index (κ1) is 16.8. The van der Waals surface area contributed by atoms with Gasteiger partial charge in [-0.1, -0.05) is 30.3 Å². The fraction of sp³-hybridized carbons (Fsp3) is 0.150. The number of para-hydroxylation sites is 1. The van der Waals surface area contributed by atoms with Gasteiger partial charge in [0.1, 0.15) is 11.3 Å². The number of carbonyl (C=O) groups excluding carboxylic acids is 1. The van der Waals surface area contributed by atoms with E-state index in [0.717, 1.165) is 11.0 Å². The van der Waals surface area contributed by atoms with Gasteiger partial charge in [0.2, 0.25) is 5.91 Å². The topological polar surface area (TPSA) is 97.1 Å². The number of nitrogens with one attached hydrogen (secondary N) is 2. The van der Waals surface area contributed by atoms with Crippen LogP contribution in [0.15, 0.2) is 68.6 Å². The summed E-state index contributed by atoms with van der Waals surface area (Å²) in [6.07, 6.45) is 0.0639. The van der Waals surface area contributed by atoms with Crippen molar-refractivity contribution < 1.29 is 9.21 Å². The second kappa shape index (κ2) is 6.95. The van der Waals surface area contributed by atoms with E-state index in [2.05, 4.69) is 10.4 Å². The maximum absolute atomic E-state index is 12.4. The van der Waals surface area contributed by atoms with Gasteiger partial charge >= 0.3 is 0 Å². The zero-order valence-electron chi connectivity index (χ0n) is 14.4. The zero-order chi connectivity index (χ0) is 18.8. The van der Waals surface area contributed by atoms with Crippen molar-refractivity contribution in [2.75, 3.05) is 0 Å². The lowest BCUT2D eigenvalue weighted by atomic mass is 10.2. The number of amides is 1. The number of benzene rings is 2. The molecule has 0 aliphatic rings. The molecule has 0 unspecified atom stereocenters. The number of H-pyrrole nitrogens is 1. The second-order valence-corrected chi connectivity index (χ2v) is 6.22. The third kappa shape index (κ3) is 3.39. The van der Waals surface area contributed by atoms with Crippen LogP contribution in [0.4, 0.5) is 0 Å². The minimum absolute atomic E-state index is 0.0639. The first-order valence-electron chi connectivity index (χ1n) is 8.58. The van der Waals surface area contributed by atoms with Gasteiger partial charge in [0.15, 0.2) is 0 Å². The Labute approximate surface area is 153 Å². The van der Waals surface area contributed by atoms with Crippen molar-refractivity contribution in [2.45, 2.75) is 19.5 Å². The number of hydrogen-bond donors (Lipinski definition) is 2. The van der Waals surface area contributed by atoms with Crippen LogP contribution in [-0.4, -0.2) is 15.7 Å². The van der Waals surface area contributed by atoms with Crippen LogP contribution in [0.2, 0.25) is 0 Å². The highest BCUT2D eigenvalue weighted by molar-refractivity contribution is 5.80. The summed E-state index contributed by atoms with van der Waals surface area (Å²) in [4.78, 5) is 36.6. The third-order valence-corrected chi connectivity index (χ3v) is 4.38. The molecule has 4 aromatic rings. The number of carbonyl (C=O) groups is 1. The van der Waals surface area contributed by atoms with Gasteiger partial charge in [-0.05, 0) is 24.3 Å². The van der Waals surface area contributed by atoms with Gasteiger partial charge in [-0.25, -0.2) is 4.68 Å². The number of furan rings is 1. The van der Waals surface area contributed by atoms with E-state index >= 15 is 0 Å². The van der Waals surface area contributed by atoms with Crippen LogP contribution in [0, 0.1) is 0 Å². The van der Waals surface area contributed by atoms with Gasteiger partial charge < -0.3 is 9.73 Å². The predicted molar refractivity (Wildman–Crippen MR) is 102 cm³/mol. The number of rotatable bonds is 5. The van der Waals surface area contributed by atoms with Crippen LogP contribution >= 0.6 is 0 Å². The van der Waals surface area contributed by atoms with Crippen molar-refractivity contribution in [3.63, 3.8) is 0 Å². The summed E-state index contributed by atoms with van der Waals surface area (Å²) in [5.41, 5.74) is 0.0882. The summed E-state index contributed by atoms with van der Waals surface area (Å²) in [5, 5.41) is 6.93. The van der Waals surface area contributed by atoms with E-state index in [0.29, 0.717) is 16.5 Å². The highest BCUT2D eigenvalue weighted by Gasteiger charge is 2.09. The van der Waals surface area contributed by atoms with Crippen LogP contribution in [0.1, 0.15) is 12.2 Å². The molecule has 2 heterocycles. The van der Waals surface area contributed by atoms with Crippen LogP contribution in [0.3, 0.4) is 0 Å². The SMILES string of the molecule is O=C(CCn1[nH]c(=O)c2ccccc2c1=O)NCc1cc2ccccc2o1. The zero-order valence-corrected chi connectivity index (χ0v) is 14.4. The lowest BCUT2D eigenvalue weighted by Gasteiger charge is -2.07. The number of hydrogen-bond acceptors (Lipinski definition) is 4. The number of aromatic amines is 1. The van der Waals surface area contributed by atoms with Crippen molar-refractivity contribution in [1.29, 1.82) is 0 Å². The molecule has 0 spiro atoms. The Morgan fingerprint density at radius 3 is 2.59 bits per heavy atom. The highest BCUT2D eigenvalue weighted by Crippen LogP contribution is 2.18. The fourth-order valence-corrected chi connectivity index (χ4v) is 3.02. The number of aryl methyl sites for hydroxylation is 1. The molecule has 0 radical (unpaired) electrons. The fourth-order valence-electron chi connectivity index (χ4n) is 3.02. The van der Waals surface area contributed by atoms with E-state index in [-0.39, 0.29) is 36.5 Å². The molecule has 7 nitrogen and oxygen atoms in total.